The number of hydrogen-bond donors (Lipinski definition) is 0. The summed E-state index contributed by atoms with van der Waals surface area (Å²) < 4.78 is 0. The van der Waals surface area contributed by atoms with Crippen LogP contribution in [-0.2, 0) is 4.79 Å². The maximum Gasteiger partial charge on any atom is 0.178 e. The minimum atomic E-state index is 0.0651. The minimum Gasteiger partial charge on any atom is -0.290 e. The molecule has 0 aliphatic heterocycles. The predicted molar refractivity (Wildman–Crippen MR) is 118 cm³/mol. The number of hydrogen-bond acceptors (Lipinski definition) is 1. The van der Waals surface area contributed by atoms with Crippen LogP contribution >= 0.6 is 0 Å². The van der Waals surface area contributed by atoms with E-state index in [0.717, 1.165) is 23.7 Å². The zero-order chi connectivity index (χ0) is 20.1. The molecule has 0 aromatic rings. The van der Waals surface area contributed by atoms with E-state index < -0.39 is 0 Å². The van der Waals surface area contributed by atoms with Gasteiger partial charge in [0.05, 0.1) is 0 Å². The second-order valence-corrected chi connectivity index (χ2v) is 11.3. The average Bonchev–Trinajstić information content (AvgIpc) is 2.99. The zero-order valence-corrected chi connectivity index (χ0v) is 18.7. The summed E-state index contributed by atoms with van der Waals surface area (Å²) in [7, 11) is 0. The minimum absolute atomic E-state index is 0.0651. The molecule has 28 heavy (non-hydrogen) atoms. The van der Waals surface area contributed by atoms with Crippen molar-refractivity contribution < 1.29 is 4.79 Å². The Bertz CT molecular complexity index is 710. The van der Waals surface area contributed by atoms with E-state index in [0.29, 0.717) is 17.3 Å². The monoisotopic (exact) mass is 380 g/mol. The highest BCUT2D eigenvalue weighted by atomic mass is 16.1. The van der Waals surface area contributed by atoms with E-state index in [2.05, 4.69) is 52.8 Å². The molecule has 2 fully saturated rings. The molecule has 0 N–H and O–H groups in total. The number of carbonyl (C=O) groups is 1. The summed E-state index contributed by atoms with van der Waals surface area (Å²) in [5.41, 5.74) is 1.82. The number of ketones is 1. The van der Waals surface area contributed by atoms with Crippen LogP contribution in [0.1, 0.15) is 79.6 Å². The van der Waals surface area contributed by atoms with Gasteiger partial charge in [-0.05, 0) is 84.3 Å². The summed E-state index contributed by atoms with van der Waals surface area (Å²) in [4.78, 5) is 11.9. The topological polar surface area (TPSA) is 17.1 Å². The molecule has 0 spiro atoms. The Hall–Kier alpha value is -1.11. The first-order chi connectivity index (χ1) is 13.3. The molecule has 1 heteroatoms. The van der Waals surface area contributed by atoms with Crippen LogP contribution in [0.25, 0.3) is 0 Å². The van der Waals surface area contributed by atoms with Crippen LogP contribution in [0.2, 0.25) is 0 Å². The maximum atomic E-state index is 11.9. The Morgan fingerprint density at radius 1 is 1.04 bits per heavy atom. The van der Waals surface area contributed by atoms with Crippen LogP contribution in [-0.4, -0.2) is 5.78 Å². The van der Waals surface area contributed by atoms with Gasteiger partial charge in [0.2, 0.25) is 0 Å². The third-order valence-electron chi connectivity index (χ3n) is 9.32. The summed E-state index contributed by atoms with van der Waals surface area (Å²) >= 11 is 0. The predicted octanol–water partition coefficient (Wildman–Crippen LogP) is 7.15. The van der Waals surface area contributed by atoms with Crippen LogP contribution in [0, 0.1) is 46.3 Å². The number of rotatable bonds is 5. The lowest BCUT2D eigenvalue weighted by atomic mass is 9.49. The van der Waals surface area contributed by atoms with E-state index in [1.165, 1.54) is 50.5 Å². The van der Waals surface area contributed by atoms with Gasteiger partial charge in [-0.2, -0.15) is 0 Å². The Kier molecular flexibility index (Phi) is 5.26. The highest BCUT2D eigenvalue weighted by Gasteiger charge is 2.57. The molecule has 0 aromatic heterocycles. The molecule has 4 unspecified atom stereocenters. The smallest absolute Gasteiger partial charge is 0.178 e. The quantitative estimate of drug-likeness (QED) is 0.495. The van der Waals surface area contributed by atoms with Gasteiger partial charge in [0.1, 0.15) is 0 Å². The second-order valence-electron chi connectivity index (χ2n) is 11.3. The van der Waals surface area contributed by atoms with Crippen molar-refractivity contribution in [2.45, 2.75) is 79.6 Å². The van der Waals surface area contributed by atoms with Crippen molar-refractivity contribution in [3.8, 4) is 0 Å². The van der Waals surface area contributed by atoms with Gasteiger partial charge in [-0.25, -0.2) is 0 Å². The first-order valence-electron chi connectivity index (χ1n) is 11.9. The highest BCUT2D eigenvalue weighted by Crippen LogP contribution is 2.65. The molecule has 154 valence electrons. The summed E-state index contributed by atoms with van der Waals surface area (Å²) in [6, 6.07) is 0. The molecule has 2 saturated carbocycles. The molecule has 4 aliphatic carbocycles. The standard InChI is InChI=1S/C27H40O/c1-18(2)7-6-8-19(3)23-11-12-24-22-10-9-20-17-21(28)13-15-26(20,4)25(22)14-16-27(23,24)5/h9-10,13,15,17-19,22-25H,6-8,11-12,14,16H2,1-5H3/t19?,22?,23-,24?,25?,26+,27-/m1/s1. The van der Waals surface area contributed by atoms with Gasteiger partial charge in [0.15, 0.2) is 5.78 Å². The third-order valence-corrected chi connectivity index (χ3v) is 9.32. The van der Waals surface area contributed by atoms with Gasteiger partial charge >= 0.3 is 0 Å². The molecule has 0 radical (unpaired) electrons. The normalized spacial score (nSPS) is 42.8. The van der Waals surface area contributed by atoms with Crippen molar-refractivity contribution in [2.75, 3.05) is 0 Å². The maximum absolute atomic E-state index is 11.9. The van der Waals surface area contributed by atoms with E-state index in [4.69, 9.17) is 0 Å². The van der Waals surface area contributed by atoms with Crippen molar-refractivity contribution in [1.29, 1.82) is 0 Å². The molecule has 0 heterocycles. The fraction of sp³-hybridized carbons (Fsp3) is 0.741. The summed E-state index contributed by atoms with van der Waals surface area (Å²) in [5.74, 6) is 4.92. The Morgan fingerprint density at radius 3 is 2.57 bits per heavy atom. The first kappa shape index (κ1) is 20.2. The van der Waals surface area contributed by atoms with Gasteiger partial charge in [0, 0.05) is 5.41 Å². The summed E-state index contributed by atoms with van der Waals surface area (Å²) in [5, 5.41) is 0. The first-order valence-corrected chi connectivity index (χ1v) is 11.9. The Labute approximate surface area is 172 Å². The fourth-order valence-corrected chi connectivity index (χ4v) is 7.68. The van der Waals surface area contributed by atoms with Gasteiger partial charge in [-0.3, -0.25) is 4.79 Å². The second kappa shape index (κ2) is 7.29. The molecular formula is C27H40O. The largest absolute Gasteiger partial charge is 0.290 e. The molecule has 0 aromatic carbocycles. The van der Waals surface area contributed by atoms with E-state index in [-0.39, 0.29) is 11.2 Å². The molecule has 7 atom stereocenters. The van der Waals surface area contributed by atoms with Crippen molar-refractivity contribution in [3.05, 3.63) is 36.0 Å². The van der Waals surface area contributed by atoms with Crippen molar-refractivity contribution >= 4 is 5.78 Å². The fourth-order valence-electron chi connectivity index (χ4n) is 7.68. The van der Waals surface area contributed by atoms with Crippen molar-refractivity contribution in [1.82, 2.24) is 0 Å². The van der Waals surface area contributed by atoms with Crippen LogP contribution < -0.4 is 0 Å². The van der Waals surface area contributed by atoms with Crippen LogP contribution in [0.15, 0.2) is 36.0 Å². The number of allylic oxidation sites excluding steroid dienone is 6. The summed E-state index contributed by atoms with van der Waals surface area (Å²) in [6.07, 6.45) is 20.4. The SMILES string of the molecule is CC(C)CCCC(C)[C@H]1CCC2C3C=CC4=CC(=O)C=C[C@]4(C)C3CC[C@@]21C. The number of carbonyl (C=O) groups excluding carboxylic acids is 1. The van der Waals surface area contributed by atoms with Crippen LogP contribution in [0.3, 0.4) is 0 Å². The average molecular weight is 381 g/mol. The van der Waals surface area contributed by atoms with Crippen molar-refractivity contribution in [2.24, 2.45) is 46.3 Å². The molecule has 0 bridgehead atoms. The zero-order valence-electron chi connectivity index (χ0n) is 18.7. The molecule has 0 saturated heterocycles. The molecule has 4 aliphatic rings. The van der Waals surface area contributed by atoms with E-state index in [1.807, 2.05) is 12.2 Å². The molecule has 0 amide bonds. The van der Waals surface area contributed by atoms with E-state index >= 15 is 0 Å². The van der Waals surface area contributed by atoms with Crippen molar-refractivity contribution in [3.63, 3.8) is 0 Å². The number of fused-ring (bicyclic) bond motifs is 5. The van der Waals surface area contributed by atoms with Crippen LogP contribution in [0.4, 0.5) is 0 Å². The Morgan fingerprint density at radius 2 is 1.82 bits per heavy atom. The Balaban J connectivity index is 1.54. The summed E-state index contributed by atoms with van der Waals surface area (Å²) in [6.45, 7) is 12.3. The van der Waals surface area contributed by atoms with Crippen LogP contribution in [0.5, 0.6) is 0 Å². The molecule has 4 rings (SSSR count). The van der Waals surface area contributed by atoms with E-state index in [9.17, 15) is 4.79 Å². The van der Waals surface area contributed by atoms with Gasteiger partial charge < -0.3 is 0 Å². The van der Waals surface area contributed by atoms with Gasteiger partial charge in [-0.1, -0.05) is 72.1 Å². The lowest BCUT2D eigenvalue weighted by Gasteiger charge is -2.55. The third kappa shape index (κ3) is 3.17. The van der Waals surface area contributed by atoms with E-state index in [1.54, 1.807) is 0 Å². The highest BCUT2D eigenvalue weighted by molar-refractivity contribution is 6.01. The van der Waals surface area contributed by atoms with Gasteiger partial charge in [-0.15, -0.1) is 0 Å². The lowest BCUT2D eigenvalue weighted by Crippen LogP contribution is -2.48. The lowest BCUT2D eigenvalue weighted by molar-refractivity contribution is -0.110. The molecule has 1 nitrogen and oxygen atoms in total. The van der Waals surface area contributed by atoms with Gasteiger partial charge in [0.25, 0.3) is 0 Å². The molecular weight excluding hydrogens is 340 g/mol.